The van der Waals surface area contributed by atoms with Crippen LogP contribution >= 0.6 is 0 Å². The summed E-state index contributed by atoms with van der Waals surface area (Å²) in [4.78, 5) is 0. The lowest BCUT2D eigenvalue weighted by Crippen LogP contribution is -2.30. The third-order valence-electron chi connectivity index (χ3n) is 3.44. The van der Waals surface area contributed by atoms with Crippen molar-refractivity contribution in [2.45, 2.75) is 26.8 Å². The van der Waals surface area contributed by atoms with Crippen molar-refractivity contribution in [3.05, 3.63) is 64.5 Å². The molecule has 4 heteroatoms. The summed E-state index contributed by atoms with van der Waals surface area (Å²) in [6.07, 6.45) is 0. The number of hydrogen-bond donors (Lipinski definition) is 2. The number of rotatable bonds is 5. The average molecular weight is 288 g/mol. The molecule has 0 spiro atoms. The molecule has 0 aliphatic carbocycles. The van der Waals surface area contributed by atoms with E-state index in [0.29, 0.717) is 12.2 Å². The van der Waals surface area contributed by atoms with Crippen molar-refractivity contribution in [3.8, 4) is 5.75 Å². The maximum atomic E-state index is 14.4. The van der Waals surface area contributed by atoms with Gasteiger partial charge in [-0.25, -0.2) is 9.82 Å². The van der Waals surface area contributed by atoms with Gasteiger partial charge in [0.05, 0.1) is 12.6 Å². The van der Waals surface area contributed by atoms with E-state index in [9.17, 15) is 4.39 Å². The van der Waals surface area contributed by atoms with Crippen molar-refractivity contribution in [3.63, 3.8) is 0 Å². The molecular weight excluding hydrogens is 267 g/mol. The Morgan fingerprint density at radius 2 is 2.00 bits per heavy atom. The van der Waals surface area contributed by atoms with Gasteiger partial charge in [-0.2, -0.15) is 0 Å². The first-order valence-electron chi connectivity index (χ1n) is 7.02. The molecule has 0 bridgehead atoms. The minimum atomic E-state index is -0.411. The van der Waals surface area contributed by atoms with Crippen molar-refractivity contribution in [2.75, 3.05) is 6.61 Å². The van der Waals surface area contributed by atoms with E-state index in [1.54, 1.807) is 0 Å². The van der Waals surface area contributed by atoms with Gasteiger partial charge in [0.25, 0.3) is 0 Å². The second kappa shape index (κ2) is 6.70. The fraction of sp³-hybridized carbons (Fsp3) is 0.294. The van der Waals surface area contributed by atoms with Gasteiger partial charge in [0.15, 0.2) is 0 Å². The maximum absolute atomic E-state index is 14.4. The number of hydrogen-bond acceptors (Lipinski definition) is 3. The normalized spacial score (nSPS) is 12.2. The quantitative estimate of drug-likeness (QED) is 0.655. The summed E-state index contributed by atoms with van der Waals surface area (Å²) < 4.78 is 19.9. The molecule has 3 nitrogen and oxygen atoms in total. The predicted octanol–water partition coefficient (Wildman–Crippen LogP) is 3.39. The van der Waals surface area contributed by atoms with Crippen LogP contribution in [0.2, 0.25) is 0 Å². The van der Waals surface area contributed by atoms with Crippen LogP contribution in [0.1, 0.15) is 35.2 Å². The van der Waals surface area contributed by atoms with Crippen LogP contribution in [0.25, 0.3) is 0 Å². The Kier molecular flexibility index (Phi) is 4.94. The Morgan fingerprint density at radius 3 is 2.62 bits per heavy atom. The van der Waals surface area contributed by atoms with Crippen LogP contribution in [-0.4, -0.2) is 6.61 Å². The van der Waals surface area contributed by atoms with Crippen molar-refractivity contribution in [1.82, 2.24) is 5.43 Å². The van der Waals surface area contributed by atoms with Gasteiger partial charge in [-0.3, -0.25) is 5.84 Å². The highest BCUT2D eigenvalue weighted by molar-refractivity contribution is 5.42. The van der Waals surface area contributed by atoms with Crippen LogP contribution in [0, 0.1) is 19.7 Å². The standard InChI is InChI=1S/C17H21FN2O/c1-4-21-14-7-5-6-13(10-14)17(20-19)16-12(3)8-11(2)9-15(16)18/h5-10,17,20H,4,19H2,1-3H3. The summed E-state index contributed by atoms with van der Waals surface area (Å²) in [5.74, 6) is 6.18. The maximum Gasteiger partial charge on any atom is 0.128 e. The molecule has 0 fully saturated rings. The van der Waals surface area contributed by atoms with E-state index in [2.05, 4.69) is 5.43 Å². The zero-order valence-electron chi connectivity index (χ0n) is 12.6. The molecule has 1 unspecified atom stereocenters. The highest BCUT2D eigenvalue weighted by Gasteiger charge is 2.19. The van der Waals surface area contributed by atoms with Gasteiger partial charge < -0.3 is 4.74 Å². The van der Waals surface area contributed by atoms with Gasteiger partial charge in [0, 0.05) is 5.56 Å². The molecule has 0 heterocycles. The molecular formula is C17H21FN2O. The minimum absolute atomic E-state index is 0.253. The molecule has 0 amide bonds. The molecule has 0 aliphatic heterocycles. The number of nitrogens with two attached hydrogens (primary N) is 1. The van der Waals surface area contributed by atoms with Crippen LogP contribution in [0.15, 0.2) is 36.4 Å². The van der Waals surface area contributed by atoms with Crippen LogP contribution < -0.4 is 16.0 Å². The third-order valence-corrected chi connectivity index (χ3v) is 3.44. The molecule has 2 aromatic carbocycles. The summed E-state index contributed by atoms with van der Waals surface area (Å²) in [6, 6.07) is 10.6. The lowest BCUT2D eigenvalue weighted by atomic mass is 9.93. The number of halogens is 1. The summed E-state index contributed by atoms with van der Waals surface area (Å²) in [5, 5.41) is 0. The Hall–Kier alpha value is -1.91. The fourth-order valence-corrected chi connectivity index (χ4v) is 2.59. The first-order valence-corrected chi connectivity index (χ1v) is 7.02. The highest BCUT2D eigenvalue weighted by atomic mass is 19.1. The number of aryl methyl sites for hydroxylation is 2. The number of nitrogens with one attached hydrogen (secondary N) is 1. The number of hydrazine groups is 1. The molecule has 0 saturated carbocycles. The molecule has 0 radical (unpaired) electrons. The Morgan fingerprint density at radius 1 is 1.24 bits per heavy atom. The van der Waals surface area contributed by atoms with Crippen molar-refractivity contribution in [1.29, 1.82) is 0 Å². The molecule has 0 aromatic heterocycles. The molecule has 21 heavy (non-hydrogen) atoms. The van der Waals surface area contributed by atoms with E-state index >= 15 is 0 Å². The highest BCUT2D eigenvalue weighted by Crippen LogP contribution is 2.29. The zero-order chi connectivity index (χ0) is 15.4. The SMILES string of the molecule is CCOc1cccc(C(NN)c2c(C)cc(C)cc2F)c1. The van der Waals surface area contributed by atoms with Gasteiger partial charge in [0.2, 0.25) is 0 Å². The summed E-state index contributed by atoms with van der Waals surface area (Å²) in [7, 11) is 0. The molecule has 2 aromatic rings. The minimum Gasteiger partial charge on any atom is -0.494 e. The Labute approximate surface area is 124 Å². The lowest BCUT2D eigenvalue weighted by Gasteiger charge is -2.21. The molecule has 112 valence electrons. The van der Waals surface area contributed by atoms with E-state index < -0.39 is 6.04 Å². The molecule has 2 rings (SSSR count). The number of ether oxygens (including phenoxy) is 1. The molecule has 0 saturated heterocycles. The van der Waals surface area contributed by atoms with Gasteiger partial charge >= 0.3 is 0 Å². The molecule has 0 aliphatic rings. The summed E-state index contributed by atoms with van der Waals surface area (Å²) >= 11 is 0. The Balaban J connectivity index is 2.47. The predicted molar refractivity (Wildman–Crippen MR) is 82.7 cm³/mol. The van der Waals surface area contributed by atoms with Crippen LogP contribution in [-0.2, 0) is 0 Å². The van der Waals surface area contributed by atoms with Crippen molar-refractivity contribution < 1.29 is 9.13 Å². The Bertz CT molecular complexity index is 605. The van der Waals surface area contributed by atoms with E-state index in [1.807, 2.05) is 51.1 Å². The first kappa shape index (κ1) is 15.5. The van der Waals surface area contributed by atoms with Crippen LogP contribution in [0.3, 0.4) is 0 Å². The summed E-state index contributed by atoms with van der Waals surface area (Å²) in [5.41, 5.74) is 5.91. The smallest absolute Gasteiger partial charge is 0.128 e. The number of benzene rings is 2. The van der Waals surface area contributed by atoms with E-state index in [4.69, 9.17) is 10.6 Å². The van der Waals surface area contributed by atoms with Gasteiger partial charge in [0.1, 0.15) is 11.6 Å². The van der Waals surface area contributed by atoms with Crippen LogP contribution in [0.5, 0.6) is 5.75 Å². The van der Waals surface area contributed by atoms with E-state index in [1.165, 1.54) is 6.07 Å². The largest absolute Gasteiger partial charge is 0.494 e. The topological polar surface area (TPSA) is 47.3 Å². The fourth-order valence-electron chi connectivity index (χ4n) is 2.59. The monoisotopic (exact) mass is 288 g/mol. The molecule has 3 N–H and O–H groups in total. The van der Waals surface area contributed by atoms with Gasteiger partial charge in [-0.15, -0.1) is 0 Å². The second-order valence-corrected chi connectivity index (χ2v) is 5.08. The average Bonchev–Trinajstić information content (AvgIpc) is 2.43. The van der Waals surface area contributed by atoms with E-state index in [-0.39, 0.29) is 5.82 Å². The first-order chi connectivity index (χ1) is 10.1. The zero-order valence-corrected chi connectivity index (χ0v) is 12.6. The molecule has 1 atom stereocenters. The van der Waals surface area contributed by atoms with Crippen molar-refractivity contribution >= 4 is 0 Å². The van der Waals surface area contributed by atoms with Gasteiger partial charge in [-0.05, 0) is 55.7 Å². The van der Waals surface area contributed by atoms with Gasteiger partial charge in [-0.1, -0.05) is 18.2 Å². The third kappa shape index (κ3) is 3.40. The van der Waals surface area contributed by atoms with Crippen molar-refractivity contribution in [2.24, 2.45) is 5.84 Å². The second-order valence-electron chi connectivity index (χ2n) is 5.08. The lowest BCUT2D eigenvalue weighted by molar-refractivity contribution is 0.339. The summed E-state index contributed by atoms with van der Waals surface area (Å²) in [6.45, 7) is 6.28. The van der Waals surface area contributed by atoms with E-state index in [0.717, 1.165) is 22.4 Å². The van der Waals surface area contributed by atoms with Crippen LogP contribution in [0.4, 0.5) is 4.39 Å².